The number of anilines is 1. The van der Waals surface area contributed by atoms with E-state index in [4.69, 9.17) is 4.74 Å². The molecule has 1 unspecified atom stereocenters. The van der Waals surface area contributed by atoms with Crippen molar-refractivity contribution in [2.45, 2.75) is 39.7 Å². The number of halogens is 1. The molecule has 1 atom stereocenters. The van der Waals surface area contributed by atoms with E-state index < -0.39 is 17.7 Å². The molecule has 1 N–H and O–H groups in total. The van der Waals surface area contributed by atoms with Crippen molar-refractivity contribution < 1.29 is 23.5 Å². The molecular formula is C30H29FN2O4. The Hall–Kier alpha value is -4.26. The van der Waals surface area contributed by atoms with E-state index in [1.54, 1.807) is 55.1 Å². The Morgan fingerprint density at radius 1 is 1.03 bits per heavy atom. The maximum absolute atomic E-state index is 13.9. The lowest BCUT2D eigenvalue weighted by molar-refractivity contribution is -0.140. The topological polar surface area (TPSA) is 75.7 Å². The van der Waals surface area contributed by atoms with Gasteiger partial charge in [0.25, 0.3) is 5.91 Å². The molecule has 0 saturated carbocycles. The Kier molecular flexibility index (Phi) is 7.82. The third-order valence-electron chi connectivity index (χ3n) is 6.44. The lowest BCUT2D eigenvalue weighted by Crippen LogP contribution is -2.38. The van der Waals surface area contributed by atoms with Crippen molar-refractivity contribution in [1.82, 2.24) is 4.90 Å². The second-order valence-electron chi connectivity index (χ2n) is 9.03. The van der Waals surface area contributed by atoms with E-state index in [2.05, 4.69) is 5.32 Å². The molecule has 0 aliphatic carbocycles. The van der Waals surface area contributed by atoms with Gasteiger partial charge in [0, 0.05) is 29.3 Å². The van der Waals surface area contributed by atoms with Crippen LogP contribution in [0.2, 0.25) is 0 Å². The normalized spacial score (nSPS) is 15.5. The van der Waals surface area contributed by atoms with Gasteiger partial charge >= 0.3 is 5.97 Å². The second kappa shape index (κ2) is 11.2. The van der Waals surface area contributed by atoms with Crippen molar-refractivity contribution in [1.29, 1.82) is 0 Å². The molecule has 1 heterocycles. The van der Waals surface area contributed by atoms with Crippen LogP contribution in [0.15, 0.2) is 84.1 Å². The molecule has 0 spiro atoms. The van der Waals surface area contributed by atoms with E-state index >= 15 is 0 Å². The first-order chi connectivity index (χ1) is 17.8. The largest absolute Gasteiger partial charge is 0.463 e. The van der Waals surface area contributed by atoms with Crippen molar-refractivity contribution >= 4 is 23.5 Å². The Morgan fingerprint density at radius 2 is 1.73 bits per heavy atom. The van der Waals surface area contributed by atoms with E-state index in [0.29, 0.717) is 28.1 Å². The van der Waals surface area contributed by atoms with E-state index in [1.807, 2.05) is 31.2 Å². The van der Waals surface area contributed by atoms with Crippen LogP contribution >= 0.6 is 0 Å². The fraction of sp³-hybridized carbons (Fsp3) is 0.233. The maximum atomic E-state index is 13.9. The standard InChI is InChI=1S/C30H29FN2O4/c1-4-37-30(36)28-20(3)33(27(34)17-26(28)23-6-5-7-24(31)16-23)18-21-10-12-22(13-11-21)29(35)32-25-14-8-19(2)9-15-25/h5-16,26H,4,17-18H2,1-3H3,(H,32,35). The summed E-state index contributed by atoms with van der Waals surface area (Å²) in [5.41, 5.74) is 4.48. The molecule has 0 saturated heterocycles. The summed E-state index contributed by atoms with van der Waals surface area (Å²) < 4.78 is 19.2. The summed E-state index contributed by atoms with van der Waals surface area (Å²) in [7, 11) is 0. The summed E-state index contributed by atoms with van der Waals surface area (Å²) >= 11 is 0. The SMILES string of the molecule is CCOC(=O)C1=C(C)N(Cc2ccc(C(=O)Nc3ccc(C)cc3)cc2)C(=O)CC1c1cccc(F)c1. The lowest BCUT2D eigenvalue weighted by Gasteiger charge is -2.34. The van der Waals surface area contributed by atoms with Gasteiger partial charge < -0.3 is 15.0 Å². The minimum atomic E-state index is -0.591. The maximum Gasteiger partial charge on any atom is 0.336 e. The quantitative estimate of drug-likeness (QED) is 0.420. The zero-order valence-corrected chi connectivity index (χ0v) is 21.1. The summed E-state index contributed by atoms with van der Waals surface area (Å²) in [6.45, 7) is 5.81. The predicted molar refractivity (Wildman–Crippen MR) is 139 cm³/mol. The van der Waals surface area contributed by atoms with Crippen LogP contribution < -0.4 is 5.32 Å². The number of nitrogens with zero attached hydrogens (tertiary/aromatic N) is 1. The molecule has 190 valence electrons. The van der Waals surface area contributed by atoms with E-state index in [9.17, 15) is 18.8 Å². The first-order valence-corrected chi connectivity index (χ1v) is 12.2. The van der Waals surface area contributed by atoms with Gasteiger partial charge in [0.2, 0.25) is 5.91 Å². The molecular weight excluding hydrogens is 471 g/mol. The van der Waals surface area contributed by atoms with Crippen LogP contribution in [0.4, 0.5) is 10.1 Å². The third-order valence-corrected chi connectivity index (χ3v) is 6.44. The van der Waals surface area contributed by atoms with Gasteiger partial charge in [-0.3, -0.25) is 9.59 Å². The number of benzene rings is 3. The monoisotopic (exact) mass is 500 g/mol. The van der Waals surface area contributed by atoms with Gasteiger partial charge in [0.15, 0.2) is 0 Å². The van der Waals surface area contributed by atoms with Crippen molar-refractivity contribution in [2.75, 3.05) is 11.9 Å². The predicted octanol–water partition coefficient (Wildman–Crippen LogP) is 5.74. The van der Waals surface area contributed by atoms with Crippen molar-refractivity contribution in [3.63, 3.8) is 0 Å². The second-order valence-corrected chi connectivity index (χ2v) is 9.03. The fourth-order valence-corrected chi connectivity index (χ4v) is 4.47. The molecule has 6 nitrogen and oxygen atoms in total. The molecule has 3 aromatic rings. The minimum Gasteiger partial charge on any atom is -0.463 e. The summed E-state index contributed by atoms with van der Waals surface area (Å²) in [4.78, 5) is 40.3. The number of allylic oxidation sites excluding steroid dienone is 1. The number of hydrogen-bond acceptors (Lipinski definition) is 4. The zero-order chi connectivity index (χ0) is 26.5. The van der Waals surface area contributed by atoms with Crippen LogP contribution in [0.5, 0.6) is 0 Å². The molecule has 7 heteroatoms. The van der Waals surface area contributed by atoms with Crippen LogP contribution in [0, 0.1) is 12.7 Å². The van der Waals surface area contributed by atoms with Gasteiger partial charge in [0.1, 0.15) is 5.82 Å². The van der Waals surface area contributed by atoms with Crippen LogP contribution in [0.3, 0.4) is 0 Å². The Bertz CT molecular complexity index is 1350. The Balaban J connectivity index is 1.56. The molecule has 1 aliphatic heterocycles. The molecule has 1 aliphatic rings. The average Bonchev–Trinajstić information content (AvgIpc) is 2.88. The first kappa shape index (κ1) is 25.8. The number of ether oxygens (including phenoxy) is 1. The van der Waals surface area contributed by atoms with E-state index in [1.165, 1.54) is 12.1 Å². The fourth-order valence-electron chi connectivity index (χ4n) is 4.47. The minimum absolute atomic E-state index is 0.0198. The number of rotatable bonds is 7. The Labute approximate surface area is 215 Å². The molecule has 0 aromatic heterocycles. The van der Waals surface area contributed by atoms with Crippen LogP contribution in [0.1, 0.15) is 53.2 Å². The number of hydrogen-bond donors (Lipinski definition) is 1. The summed E-state index contributed by atoms with van der Waals surface area (Å²) in [5, 5.41) is 2.87. The van der Waals surface area contributed by atoms with Gasteiger partial charge in [-0.15, -0.1) is 0 Å². The molecule has 2 amide bonds. The number of aryl methyl sites for hydroxylation is 1. The summed E-state index contributed by atoms with van der Waals surface area (Å²) in [6, 6.07) is 20.5. The highest BCUT2D eigenvalue weighted by Gasteiger charge is 2.37. The number of carbonyl (C=O) groups excluding carboxylic acids is 3. The van der Waals surface area contributed by atoms with E-state index in [-0.39, 0.29) is 31.4 Å². The number of amides is 2. The number of esters is 1. The van der Waals surface area contributed by atoms with Gasteiger partial charge in [-0.1, -0.05) is 42.0 Å². The van der Waals surface area contributed by atoms with Crippen molar-refractivity contribution in [3.8, 4) is 0 Å². The summed E-state index contributed by atoms with van der Waals surface area (Å²) in [6.07, 6.45) is 0.0198. The number of nitrogens with one attached hydrogen (secondary N) is 1. The molecule has 0 radical (unpaired) electrons. The van der Waals surface area contributed by atoms with Gasteiger partial charge in [-0.05, 0) is 68.3 Å². The van der Waals surface area contributed by atoms with Gasteiger partial charge in [-0.2, -0.15) is 0 Å². The Morgan fingerprint density at radius 3 is 2.38 bits per heavy atom. The first-order valence-electron chi connectivity index (χ1n) is 12.2. The van der Waals surface area contributed by atoms with Gasteiger partial charge in [-0.25, -0.2) is 9.18 Å². The van der Waals surface area contributed by atoms with E-state index in [0.717, 1.165) is 11.1 Å². The highest BCUT2D eigenvalue weighted by molar-refractivity contribution is 6.04. The van der Waals surface area contributed by atoms with Crippen molar-refractivity contribution in [3.05, 3.63) is 112 Å². The average molecular weight is 501 g/mol. The molecule has 3 aromatic carbocycles. The summed E-state index contributed by atoms with van der Waals surface area (Å²) in [5.74, 6) is -1.95. The molecule has 4 rings (SSSR count). The highest BCUT2D eigenvalue weighted by atomic mass is 19.1. The third kappa shape index (κ3) is 5.94. The zero-order valence-electron chi connectivity index (χ0n) is 21.1. The van der Waals surface area contributed by atoms with Gasteiger partial charge in [0.05, 0.1) is 18.7 Å². The van der Waals surface area contributed by atoms with Crippen LogP contribution in [-0.2, 0) is 20.9 Å². The van der Waals surface area contributed by atoms with Crippen molar-refractivity contribution in [2.24, 2.45) is 0 Å². The highest BCUT2D eigenvalue weighted by Crippen LogP contribution is 2.38. The lowest BCUT2D eigenvalue weighted by atomic mass is 9.83. The molecule has 0 bridgehead atoms. The van der Waals surface area contributed by atoms with Crippen LogP contribution in [0.25, 0.3) is 0 Å². The van der Waals surface area contributed by atoms with Crippen LogP contribution in [-0.4, -0.2) is 29.3 Å². The molecule has 0 fully saturated rings. The number of carbonyl (C=O) groups is 3. The smallest absolute Gasteiger partial charge is 0.336 e. The molecule has 37 heavy (non-hydrogen) atoms.